The third-order valence-electron chi connectivity index (χ3n) is 5.54. The molecule has 1 amide bonds. The van der Waals surface area contributed by atoms with E-state index in [4.69, 9.17) is 0 Å². The van der Waals surface area contributed by atoms with Gasteiger partial charge in [-0.25, -0.2) is 0 Å². The first-order chi connectivity index (χ1) is 9.53. The summed E-state index contributed by atoms with van der Waals surface area (Å²) in [6, 6.07) is 0.473. The maximum Gasteiger partial charge on any atom is 0.244 e. The molecule has 1 aliphatic heterocycles. The monoisotopic (exact) mass is 278 g/mol. The summed E-state index contributed by atoms with van der Waals surface area (Å²) in [6.45, 7) is 6.88. The SMILES string of the molecule is CC(C)CC1NC2(CC2)C(=O)N1C1CCCCCC1C. The molecule has 2 aliphatic carbocycles. The van der Waals surface area contributed by atoms with Gasteiger partial charge in [-0.1, -0.05) is 40.0 Å². The quantitative estimate of drug-likeness (QED) is 0.803. The van der Waals surface area contributed by atoms with Crippen LogP contribution in [0.3, 0.4) is 0 Å². The summed E-state index contributed by atoms with van der Waals surface area (Å²) in [5, 5.41) is 3.69. The molecule has 0 aromatic rings. The van der Waals surface area contributed by atoms with Gasteiger partial charge in [-0.05, 0) is 43.9 Å². The van der Waals surface area contributed by atoms with Gasteiger partial charge in [0, 0.05) is 6.04 Å². The van der Waals surface area contributed by atoms with Crippen molar-refractivity contribution in [1.29, 1.82) is 0 Å². The standard InChI is InChI=1S/C17H30N2O/c1-12(2)11-15-18-17(9-10-17)16(20)19(15)14-8-6-4-5-7-13(14)3/h12-15,18H,4-11H2,1-3H3. The van der Waals surface area contributed by atoms with Gasteiger partial charge in [0.05, 0.1) is 11.7 Å². The van der Waals surface area contributed by atoms with E-state index in [2.05, 4.69) is 31.0 Å². The summed E-state index contributed by atoms with van der Waals surface area (Å²) in [4.78, 5) is 15.2. The molecule has 3 aliphatic rings. The highest BCUT2D eigenvalue weighted by atomic mass is 16.2. The number of nitrogens with one attached hydrogen (secondary N) is 1. The summed E-state index contributed by atoms with van der Waals surface area (Å²) in [7, 11) is 0. The van der Waals surface area contributed by atoms with Crippen molar-refractivity contribution in [3.63, 3.8) is 0 Å². The Hall–Kier alpha value is -0.570. The van der Waals surface area contributed by atoms with Crippen LogP contribution in [0.25, 0.3) is 0 Å². The van der Waals surface area contributed by atoms with E-state index >= 15 is 0 Å². The summed E-state index contributed by atoms with van der Waals surface area (Å²) < 4.78 is 0. The molecule has 1 saturated heterocycles. The van der Waals surface area contributed by atoms with Crippen molar-refractivity contribution in [3.05, 3.63) is 0 Å². The largest absolute Gasteiger partial charge is 0.322 e. The molecule has 0 radical (unpaired) electrons. The predicted octanol–water partition coefficient (Wildman–Crippen LogP) is 3.29. The van der Waals surface area contributed by atoms with Gasteiger partial charge in [-0.15, -0.1) is 0 Å². The molecule has 0 aromatic heterocycles. The molecule has 3 unspecified atom stereocenters. The molecule has 3 nitrogen and oxygen atoms in total. The van der Waals surface area contributed by atoms with Crippen LogP contribution in [-0.4, -0.2) is 28.6 Å². The highest BCUT2D eigenvalue weighted by molar-refractivity contribution is 5.92. The van der Waals surface area contributed by atoms with Gasteiger partial charge in [0.15, 0.2) is 0 Å². The number of carbonyl (C=O) groups excluding carboxylic acids is 1. The van der Waals surface area contributed by atoms with E-state index < -0.39 is 0 Å². The van der Waals surface area contributed by atoms with E-state index in [0.717, 1.165) is 19.3 Å². The van der Waals surface area contributed by atoms with Gasteiger partial charge >= 0.3 is 0 Å². The molecule has 0 aromatic carbocycles. The molecule has 3 heteroatoms. The van der Waals surface area contributed by atoms with Crippen LogP contribution >= 0.6 is 0 Å². The van der Waals surface area contributed by atoms with Crippen molar-refractivity contribution >= 4 is 5.91 Å². The zero-order valence-corrected chi connectivity index (χ0v) is 13.3. The Balaban J connectivity index is 1.81. The van der Waals surface area contributed by atoms with Gasteiger partial charge in [0.2, 0.25) is 5.91 Å². The number of carbonyl (C=O) groups is 1. The van der Waals surface area contributed by atoms with Gasteiger partial charge in [0.25, 0.3) is 0 Å². The molecule has 20 heavy (non-hydrogen) atoms. The number of hydrogen-bond donors (Lipinski definition) is 1. The molecule has 0 bridgehead atoms. The first-order valence-corrected chi connectivity index (χ1v) is 8.64. The van der Waals surface area contributed by atoms with Crippen LogP contribution in [0.2, 0.25) is 0 Å². The van der Waals surface area contributed by atoms with Crippen LogP contribution in [0, 0.1) is 11.8 Å². The maximum atomic E-state index is 12.9. The van der Waals surface area contributed by atoms with E-state index in [9.17, 15) is 4.79 Å². The summed E-state index contributed by atoms with van der Waals surface area (Å²) in [5.74, 6) is 1.71. The Bertz CT molecular complexity index is 375. The zero-order valence-electron chi connectivity index (χ0n) is 13.3. The van der Waals surface area contributed by atoms with E-state index in [0.29, 0.717) is 23.8 Å². The minimum Gasteiger partial charge on any atom is -0.322 e. The molecule has 3 rings (SSSR count). The Labute approximate surface area is 123 Å². The van der Waals surface area contributed by atoms with Crippen molar-refractivity contribution in [1.82, 2.24) is 10.2 Å². The average molecular weight is 278 g/mol. The number of nitrogens with zero attached hydrogens (tertiary/aromatic N) is 1. The number of rotatable bonds is 3. The normalized spacial score (nSPS) is 36.7. The highest BCUT2D eigenvalue weighted by Gasteiger charge is 2.60. The Morgan fingerprint density at radius 3 is 2.60 bits per heavy atom. The van der Waals surface area contributed by atoms with E-state index in [1.165, 1.54) is 32.1 Å². The number of amides is 1. The Morgan fingerprint density at radius 1 is 1.25 bits per heavy atom. The van der Waals surface area contributed by atoms with E-state index in [-0.39, 0.29) is 11.7 Å². The maximum absolute atomic E-state index is 12.9. The summed E-state index contributed by atoms with van der Waals surface area (Å²) >= 11 is 0. The molecule has 2 saturated carbocycles. The number of hydrogen-bond acceptors (Lipinski definition) is 2. The molecular weight excluding hydrogens is 248 g/mol. The van der Waals surface area contributed by atoms with Gasteiger partial charge in [-0.2, -0.15) is 0 Å². The molecular formula is C17H30N2O. The Kier molecular flexibility index (Phi) is 3.83. The van der Waals surface area contributed by atoms with Crippen LogP contribution in [0.5, 0.6) is 0 Å². The van der Waals surface area contributed by atoms with E-state index in [1.54, 1.807) is 0 Å². The third kappa shape index (κ3) is 2.49. The first-order valence-electron chi connectivity index (χ1n) is 8.64. The van der Waals surface area contributed by atoms with Gasteiger partial charge in [-0.3, -0.25) is 10.1 Å². The van der Waals surface area contributed by atoms with Crippen molar-refractivity contribution in [2.45, 2.75) is 89.9 Å². The van der Waals surface area contributed by atoms with Gasteiger partial charge in [0.1, 0.15) is 0 Å². The van der Waals surface area contributed by atoms with Gasteiger partial charge < -0.3 is 4.90 Å². The lowest BCUT2D eigenvalue weighted by Crippen LogP contribution is -2.47. The van der Waals surface area contributed by atoms with Crippen molar-refractivity contribution in [2.75, 3.05) is 0 Å². The lowest BCUT2D eigenvalue weighted by molar-refractivity contribution is -0.134. The van der Waals surface area contributed by atoms with E-state index in [1.807, 2.05) is 0 Å². The Morgan fingerprint density at radius 2 is 1.95 bits per heavy atom. The average Bonchev–Trinajstić information content (AvgIpc) is 3.12. The lowest BCUT2D eigenvalue weighted by atomic mass is 9.94. The molecule has 1 heterocycles. The smallest absolute Gasteiger partial charge is 0.244 e. The molecule has 3 fully saturated rings. The van der Waals surface area contributed by atoms with Crippen LogP contribution in [0.15, 0.2) is 0 Å². The lowest BCUT2D eigenvalue weighted by Gasteiger charge is -2.36. The van der Waals surface area contributed by atoms with Crippen molar-refractivity contribution in [3.8, 4) is 0 Å². The zero-order chi connectivity index (χ0) is 14.3. The van der Waals surface area contributed by atoms with Crippen molar-refractivity contribution in [2.24, 2.45) is 11.8 Å². The molecule has 3 atom stereocenters. The molecule has 114 valence electrons. The van der Waals surface area contributed by atoms with Crippen LogP contribution in [-0.2, 0) is 4.79 Å². The topological polar surface area (TPSA) is 32.3 Å². The van der Waals surface area contributed by atoms with Crippen molar-refractivity contribution < 1.29 is 4.79 Å². The summed E-state index contributed by atoms with van der Waals surface area (Å²) in [6.07, 6.45) is 9.96. The highest BCUT2D eigenvalue weighted by Crippen LogP contribution is 2.45. The molecule has 1 spiro atoms. The predicted molar refractivity (Wildman–Crippen MR) is 81.2 cm³/mol. The second kappa shape index (κ2) is 5.32. The first kappa shape index (κ1) is 14.4. The fraction of sp³-hybridized carbons (Fsp3) is 0.941. The fourth-order valence-corrected chi connectivity index (χ4v) is 4.21. The second-order valence-electron chi connectivity index (χ2n) is 7.77. The minimum absolute atomic E-state index is 0.147. The summed E-state index contributed by atoms with van der Waals surface area (Å²) in [5.41, 5.74) is -0.147. The van der Waals surface area contributed by atoms with Crippen LogP contribution in [0.4, 0.5) is 0 Å². The minimum atomic E-state index is -0.147. The third-order valence-corrected chi connectivity index (χ3v) is 5.54. The van der Waals surface area contributed by atoms with Crippen LogP contribution < -0.4 is 5.32 Å². The fourth-order valence-electron chi connectivity index (χ4n) is 4.21. The second-order valence-corrected chi connectivity index (χ2v) is 7.77. The van der Waals surface area contributed by atoms with Crippen LogP contribution in [0.1, 0.15) is 72.1 Å². The molecule has 1 N–H and O–H groups in total.